The van der Waals surface area contributed by atoms with E-state index < -0.39 is 12.1 Å². The minimum Gasteiger partial charge on any atom is -0.371 e. The first kappa shape index (κ1) is 36.8. The Kier molecular flexibility index (Phi) is 13.2. The van der Waals surface area contributed by atoms with Crippen LogP contribution in [-0.2, 0) is 22.3 Å². The Labute approximate surface area is 307 Å². The van der Waals surface area contributed by atoms with Crippen molar-refractivity contribution in [1.82, 2.24) is 9.13 Å². The third-order valence-electron chi connectivity index (χ3n) is 7.22. The molecule has 0 radical (unpaired) electrons. The molecule has 8 nitrogen and oxygen atoms in total. The fourth-order valence-electron chi connectivity index (χ4n) is 5.64. The molecule has 0 bridgehead atoms. The zero-order valence-electron chi connectivity index (χ0n) is 24.8. The number of nitrogens with zero attached hydrogens (tertiary/aromatic N) is 2. The third kappa shape index (κ3) is 8.02. The average Bonchev–Trinajstić information content (AvgIpc) is 3.43. The smallest absolute Gasteiger partial charge is 0.323 e. The van der Waals surface area contributed by atoms with Gasteiger partial charge in [0.15, 0.2) is 0 Å². The van der Waals surface area contributed by atoms with Crippen molar-refractivity contribution in [2.24, 2.45) is 11.5 Å². The van der Waals surface area contributed by atoms with Gasteiger partial charge >= 0.3 is 12.1 Å². The molecule has 0 spiro atoms. The second kappa shape index (κ2) is 15.1. The Morgan fingerprint density at radius 1 is 1.05 bits per heavy atom. The van der Waals surface area contributed by atoms with Crippen molar-refractivity contribution in [2.45, 2.75) is 71.2 Å². The van der Waals surface area contributed by atoms with E-state index in [4.69, 9.17) is 20.9 Å². The van der Waals surface area contributed by atoms with Gasteiger partial charge in [-0.15, -0.1) is 6.58 Å². The number of aromatic nitrogens is 2. The summed E-state index contributed by atoms with van der Waals surface area (Å²) in [5.41, 5.74) is 15.3. The predicted molar refractivity (Wildman–Crippen MR) is 160 cm³/mol. The van der Waals surface area contributed by atoms with Crippen LogP contribution < -0.4 is 11.5 Å². The summed E-state index contributed by atoms with van der Waals surface area (Å²) in [7, 11) is 0. The van der Waals surface area contributed by atoms with Crippen molar-refractivity contribution in [2.75, 3.05) is 6.61 Å². The van der Waals surface area contributed by atoms with Crippen LogP contribution >= 0.6 is 0 Å². The minimum absolute atomic E-state index is 0. The molecule has 1 atom stereocenters. The molecule has 10 heteroatoms. The first-order chi connectivity index (χ1) is 18.9. The molecule has 0 saturated heterocycles. The SMILES string of the molecule is C=CCOC(C)(C)Cc1cn(C(N)=O)c2ccccc12.CC[C@@H]1OC(C)(C)Cc2c1n(C(N)=O)c1ccccc21.[Ar].[Ar]. The number of carbonyl (C=O) groups excluding carboxylic acids is 2. The van der Waals surface area contributed by atoms with E-state index in [1.807, 2.05) is 56.3 Å². The minimum atomic E-state index is -0.475. The van der Waals surface area contributed by atoms with E-state index in [0.717, 1.165) is 45.9 Å². The molecular formula is C32H40Ar2N4O4. The van der Waals surface area contributed by atoms with E-state index in [2.05, 4.69) is 33.4 Å². The van der Waals surface area contributed by atoms with Crippen LogP contribution in [0, 0.1) is 75.5 Å². The Hall–Kier alpha value is -1.36. The van der Waals surface area contributed by atoms with Crippen molar-refractivity contribution >= 4 is 33.9 Å². The molecule has 5 rings (SSSR count). The van der Waals surface area contributed by atoms with E-state index >= 15 is 0 Å². The molecule has 0 fully saturated rings. The average molecular weight is 625 g/mol. The van der Waals surface area contributed by atoms with Gasteiger partial charge in [-0.2, -0.15) is 0 Å². The zero-order valence-corrected chi connectivity index (χ0v) is 26.2. The van der Waals surface area contributed by atoms with E-state index in [-0.39, 0.29) is 92.8 Å². The Morgan fingerprint density at radius 2 is 1.64 bits per heavy atom. The van der Waals surface area contributed by atoms with E-state index in [0.29, 0.717) is 13.0 Å². The van der Waals surface area contributed by atoms with Crippen molar-refractivity contribution < 1.29 is 94.5 Å². The maximum atomic E-state index is 11.9. The summed E-state index contributed by atoms with van der Waals surface area (Å²) in [6, 6.07) is 14.7. The van der Waals surface area contributed by atoms with Gasteiger partial charge in [-0.05, 0) is 57.4 Å². The normalized spacial score (nSPS) is 15.5. The number of nitrogens with two attached hydrogens (primary N) is 2. The quantitative estimate of drug-likeness (QED) is 0.240. The molecule has 4 N–H and O–H groups in total. The molecule has 228 valence electrons. The molecule has 2 aromatic carbocycles. The number of rotatable bonds is 6. The molecule has 1 aliphatic rings. The van der Waals surface area contributed by atoms with Crippen LogP contribution in [-0.4, -0.2) is 39.0 Å². The molecule has 0 unspecified atom stereocenters. The molecule has 0 saturated carbocycles. The summed E-state index contributed by atoms with van der Waals surface area (Å²) in [6.07, 6.45) is 5.75. The van der Waals surface area contributed by atoms with E-state index in [9.17, 15) is 9.59 Å². The molecule has 42 heavy (non-hydrogen) atoms. The number of para-hydroxylation sites is 2. The van der Waals surface area contributed by atoms with E-state index in [1.165, 1.54) is 10.1 Å². The molecule has 1 aliphatic heterocycles. The number of benzene rings is 2. The van der Waals surface area contributed by atoms with Crippen LogP contribution in [0.5, 0.6) is 0 Å². The van der Waals surface area contributed by atoms with Crippen LogP contribution in [0.4, 0.5) is 9.59 Å². The molecule has 2 amide bonds. The predicted octanol–water partition coefficient (Wildman–Crippen LogP) is 6.46. The van der Waals surface area contributed by atoms with Gasteiger partial charge in [0.2, 0.25) is 0 Å². The number of primary amides is 2. The molecular weight excluding hydrogens is 584 g/mol. The van der Waals surface area contributed by atoms with Crippen molar-refractivity contribution in [3.05, 3.63) is 84.2 Å². The summed E-state index contributed by atoms with van der Waals surface area (Å²) in [6.45, 7) is 14.5. The van der Waals surface area contributed by atoms with Crippen LogP contribution in [0.25, 0.3) is 21.8 Å². The van der Waals surface area contributed by atoms with Gasteiger partial charge in [0.1, 0.15) is 0 Å². The molecule has 0 aliphatic carbocycles. The fourth-order valence-corrected chi connectivity index (χ4v) is 5.64. The van der Waals surface area contributed by atoms with Crippen molar-refractivity contribution in [3.8, 4) is 0 Å². The second-order valence-electron chi connectivity index (χ2n) is 11.4. The number of carbonyl (C=O) groups is 2. The number of ether oxygens (including phenoxy) is 2. The maximum absolute atomic E-state index is 11.9. The summed E-state index contributed by atoms with van der Waals surface area (Å²) >= 11 is 0. The summed E-state index contributed by atoms with van der Waals surface area (Å²) in [5.74, 6) is 0. The van der Waals surface area contributed by atoms with Gasteiger partial charge in [0, 0.05) is 105 Å². The summed E-state index contributed by atoms with van der Waals surface area (Å²) in [5, 5.41) is 2.14. The third-order valence-corrected chi connectivity index (χ3v) is 7.22. The Morgan fingerprint density at radius 3 is 2.21 bits per heavy atom. The zero-order chi connectivity index (χ0) is 29.2. The number of amides is 2. The van der Waals surface area contributed by atoms with Crippen LogP contribution in [0.2, 0.25) is 0 Å². The van der Waals surface area contributed by atoms with Gasteiger partial charge in [-0.3, -0.25) is 9.13 Å². The van der Waals surface area contributed by atoms with Gasteiger partial charge in [-0.25, -0.2) is 9.59 Å². The number of hydrogen-bond acceptors (Lipinski definition) is 4. The standard InChI is InChI=1S/2C16H20N2O2.2Ar/c1-4-13-14-11(9-16(2,3)20-13)10-7-5-6-8-12(10)18(14)15(17)19;1-4-9-20-16(2,3)10-12-11-18(15(17)19)14-8-6-5-7-13(12)14;;/h5-8,13H,4,9H2,1-3H3,(H2,17,19);4-8,11H,1,9-10H2,2-3H3,(H2,17,19);;/t13-;;;/m0.../s1. The van der Waals surface area contributed by atoms with Gasteiger partial charge < -0.3 is 20.9 Å². The van der Waals surface area contributed by atoms with Gasteiger partial charge in [0.05, 0.1) is 40.6 Å². The topological polar surface area (TPSA) is 114 Å². The summed E-state index contributed by atoms with van der Waals surface area (Å²) < 4.78 is 15.0. The number of fused-ring (bicyclic) bond motifs is 4. The van der Waals surface area contributed by atoms with Crippen LogP contribution in [0.3, 0.4) is 0 Å². The molecule has 2 aromatic heterocycles. The molecule has 4 aromatic rings. The molecule has 3 heterocycles. The van der Waals surface area contributed by atoms with Crippen molar-refractivity contribution in [3.63, 3.8) is 0 Å². The monoisotopic (exact) mass is 624 g/mol. The first-order valence-corrected chi connectivity index (χ1v) is 13.6. The van der Waals surface area contributed by atoms with Crippen LogP contribution in [0.15, 0.2) is 67.4 Å². The second-order valence-corrected chi connectivity index (χ2v) is 11.4. The number of hydrogen-bond donors (Lipinski definition) is 2. The van der Waals surface area contributed by atoms with Crippen molar-refractivity contribution in [1.29, 1.82) is 0 Å². The van der Waals surface area contributed by atoms with Gasteiger partial charge in [-0.1, -0.05) is 49.4 Å². The Bertz CT molecular complexity index is 1570. The van der Waals surface area contributed by atoms with E-state index in [1.54, 1.807) is 16.8 Å². The van der Waals surface area contributed by atoms with Gasteiger partial charge in [0.25, 0.3) is 0 Å². The fraction of sp³-hybridized carbons (Fsp3) is 0.375. The maximum Gasteiger partial charge on any atom is 0.323 e. The Balaban J connectivity index is 0.000000280. The largest absolute Gasteiger partial charge is 0.371 e. The van der Waals surface area contributed by atoms with Crippen LogP contribution in [0.1, 0.15) is 64.0 Å². The first-order valence-electron chi connectivity index (χ1n) is 13.6. The summed E-state index contributed by atoms with van der Waals surface area (Å²) in [4.78, 5) is 23.4.